The molecule has 11 heteroatoms. The van der Waals surface area contributed by atoms with Crippen LogP contribution in [0.25, 0.3) is 0 Å². The van der Waals surface area contributed by atoms with Crippen molar-refractivity contribution in [3.8, 4) is 0 Å². The Labute approximate surface area is 233 Å². The number of nitrogens with one attached hydrogen (secondary N) is 3. The molecule has 0 fully saturated rings. The molecule has 0 radical (unpaired) electrons. The Kier molecular flexibility index (Phi) is 8.01. The second-order valence-corrected chi connectivity index (χ2v) is 12.7. The molecule has 3 N–H and O–H groups in total. The minimum absolute atomic E-state index is 0.0149. The summed E-state index contributed by atoms with van der Waals surface area (Å²) < 4.78 is 56.8. The maximum atomic E-state index is 13.1. The topological polar surface area (TPSA) is 121 Å². The third-order valence-corrected chi connectivity index (χ3v) is 9.16. The number of aryl methyl sites for hydroxylation is 3. The third kappa shape index (κ3) is 6.59. The fourth-order valence-electron chi connectivity index (χ4n) is 3.71. The third-order valence-electron chi connectivity index (χ3n) is 5.93. The Morgan fingerprint density at radius 2 is 1.33 bits per heavy atom. The van der Waals surface area contributed by atoms with Crippen LogP contribution in [-0.2, 0) is 20.0 Å². The van der Waals surface area contributed by atoms with Gasteiger partial charge in [0, 0.05) is 11.3 Å². The van der Waals surface area contributed by atoms with Crippen LogP contribution in [0.5, 0.6) is 0 Å². The van der Waals surface area contributed by atoms with Gasteiger partial charge in [-0.25, -0.2) is 16.8 Å². The highest BCUT2D eigenvalue weighted by atomic mass is 35.5. The number of sulfonamides is 2. The number of halogens is 1. The molecular formula is C28H26ClN3O5S2. The fraction of sp³-hybridized carbons (Fsp3) is 0.107. The molecule has 0 atom stereocenters. The molecule has 202 valence electrons. The van der Waals surface area contributed by atoms with Gasteiger partial charge in [0.2, 0.25) is 0 Å². The zero-order valence-electron chi connectivity index (χ0n) is 21.3. The minimum Gasteiger partial charge on any atom is -0.322 e. The normalized spacial score (nSPS) is 11.6. The Bertz CT molecular complexity index is 1770. The summed E-state index contributed by atoms with van der Waals surface area (Å²) in [5.74, 6) is -0.594. The molecule has 0 saturated carbocycles. The monoisotopic (exact) mass is 583 g/mol. The first-order chi connectivity index (χ1) is 18.4. The zero-order chi connectivity index (χ0) is 28.4. The lowest BCUT2D eigenvalue weighted by molar-refractivity contribution is 0.102. The lowest BCUT2D eigenvalue weighted by atomic mass is 10.1. The van der Waals surface area contributed by atoms with E-state index in [9.17, 15) is 21.6 Å². The first-order valence-corrected chi connectivity index (χ1v) is 15.1. The molecule has 4 aromatic carbocycles. The molecule has 4 aromatic rings. The number of rotatable bonds is 8. The van der Waals surface area contributed by atoms with Crippen molar-refractivity contribution in [2.45, 2.75) is 30.6 Å². The number of benzene rings is 4. The zero-order valence-corrected chi connectivity index (χ0v) is 23.7. The molecule has 0 aliphatic heterocycles. The van der Waals surface area contributed by atoms with Gasteiger partial charge < -0.3 is 5.32 Å². The van der Waals surface area contributed by atoms with Gasteiger partial charge in [0.1, 0.15) is 4.90 Å². The number of carbonyl (C=O) groups is 1. The highest BCUT2D eigenvalue weighted by Crippen LogP contribution is 2.27. The number of hydrogen-bond donors (Lipinski definition) is 3. The Hall–Kier alpha value is -3.86. The largest absolute Gasteiger partial charge is 0.322 e. The van der Waals surface area contributed by atoms with Gasteiger partial charge in [0.15, 0.2) is 0 Å². The number of carbonyl (C=O) groups excluding carboxylic acids is 1. The molecule has 4 rings (SSSR count). The van der Waals surface area contributed by atoms with Crippen LogP contribution in [0.1, 0.15) is 27.0 Å². The van der Waals surface area contributed by atoms with Gasteiger partial charge in [0.25, 0.3) is 26.0 Å². The van der Waals surface area contributed by atoms with E-state index in [1.807, 2.05) is 19.1 Å². The summed E-state index contributed by atoms with van der Waals surface area (Å²) in [4.78, 5) is 12.7. The van der Waals surface area contributed by atoms with E-state index >= 15 is 0 Å². The van der Waals surface area contributed by atoms with Gasteiger partial charge in [-0.3, -0.25) is 14.2 Å². The van der Waals surface area contributed by atoms with Gasteiger partial charge in [-0.05, 0) is 92.1 Å². The molecule has 0 aliphatic rings. The molecule has 8 nitrogen and oxygen atoms in total. The van der Waals surface area contributed by atoms with Gasteiger partial charge in [0.05, 0.1) is 21.3 Å². The smallest absolute Gasteiger partial charge is 0.263 e. The van der Waals surface area contributed by atoms with Crippen LogP contribution in [-0.4, -0.2) is 22.7 Å². The van der Waals surface area contributed by atoms with E-state index in [1.54, 1.807) is 44.2 Å². The summed E-state index contributed by atoms with van der Waals surface area (Å²) >= 11 is 6.20. The van der Waals surface area contributed by atoms with Crippen molar-refractivity contribution in [3.63, 3.8) is 0 Å². The first-order valence-electron chi connectivity index (χ1n) is 11.8. The highest BCUT2D eigenvalue weighted by Gasteiger charge is 2.22. The molecule has 0 bridgehead atoms. The molecule has 0 aromatic heterocycles. The molecular weight excluding hydrogens is 558 g/mol. The average molecular weight is 584 g/mol. The summed E-state index contributed by atoms with van der Waals surface area (Å²) in [5.41, 5.74) is 3.64. The van der Waals surface area contributed by atoms with E-state index in [-0.39, 0.29) is 20.4 Å². The van der Waals surface area contributed by atoms with Crippen molar-refractivity contribution in [3.05, 3.63) is 112 Å². The Morgan fingerprint density at radius 1 is 0.692 bits per heavy atom. The van der Waals surface area contributed by atoms with Crippen LogP contribution in [0.4, 0.5) is 17.1 Å². The number of para-hydroxylation sites is 1. The quantitative estimate of drug-likeness (QED) is 0.231. The lowest BCUT2D eigenvalue weighted by Gasteiger charge is -2.14. The summed E-state index contributed by atoms with van der Waals surface area (Å²) in [6, 6.07) is 21.9. The summed E-state index contributed by atoms with van der Waals surface area (Å²) in [7, 11) is -7.94. The highest BCUT2D eigenvalue weighted by molar-refractivity contribution is 7.93. The Balaban J connectivity index is 1.52. The maximum Gasteiger partial charge on any atom is 0.263 e. The second-order valence-electron chi connectivity index (χ2n) is 8.97. The summed E-state index contributed by atoms with van der Waals surface area (Å²) in [6.07, 6.45) is 0. The summed E-state index contributed by atoms with van der Waals surface area (Å²) in [5, 5.41) is 2.61. The second kappa shape index (κ2) is 11.1. The van der Waals surface area contributed by atoms with Crippen molar-refractivity contribution < 1.29 is 21.6 Å². The standard InChI is InChI=1S/C28H26ClN3O5S2/c1-18-8-9-20(3)26(16-18)32-39(36,37)27-17-21(10-15-24(27)29)28(33)30-22-11-13-23(14-12-22)38(34,35)31-25-7-5-4-6-19(25)2/h4-17,31-32H,1-3H3,(H,30,33). The lowest BCUT2D eigenvalue weighted by Crippen LogP contribution is -2.17. The van der Waals surface area contributed by atoms with Crippen LogP contribution in [0, 0.1) is 20.8 Å². The van der Waals surface area contributed by atoms with E-state index in [2.05, 4.69) is 14.8 Å². The maximum absolute atomic E-state index is 13.1. The predicted octanol–water partition coefficient (Wildman–Crippen LogP) is 6.12. The fourth-order valence-corrected chi connectivity index (χ4v) is 6.49. The van der Waals surface area contributed by atoms with Gasteiger partial charge >= 0.3 is 0 Å². The van der Waals surface area contributed by atoms with Gasteiger partial charge in [-0.15, -0.1) is 0 Å². The molecule has 0 unspecified atom stereocenters. The molecule has 0 heterocycles. The SMILES string of the molecule is Cc1ccc(C)c(NS(=O)(=O)c2cc(C(=O)Nc3ccc(S(=O)(=O)Nc4ccccc4C)cc3)ccc2Cl)c1. The summed E-state index contributed by atoms with van der Waals surface area (Å²) in [6.45, 7) is 5.42. The van der Waals surface area contributed by atoms with Crippen LogP contribution in [0.15, 0.2) is 94.7 Å². The van der Waals surface area contributed by atoms with Crippen LogP contribution in [0.2, 0.25) is 5.02 Å². The molecule has 0 saturated heterocycles. The van der Waals surface area contributed by atoms with E-state index in [1.165, 1.54) is 42.5 Å². The first kappa shape index (κ1) is 28.2. The van der Waals surface area contributed by atoms with Gasteiger partial charge in [-0.2, -0.15) is 0 Å². The van der Waals surface area contributed by atoms with E-state index in [4.69, 9.17) is 11.6 Å². The predicted molar refractivity (Wildman–Crippen MR) is 155 cm³/mol. The van der Waals surface area contributed by atoms with Crippen molar-refractivity contribution >= 4 is 54.6 Å². The van der Waals surface area contributed by atoms with Crippen LogP contribution >= 0.6 is 11.6 Å². The number of amides is 1. The molecule has 0 aliphatic carbocycles. The van der Waals surface area contributed by atoms with Crippen molar-refractivity contribution in [2.75, 3.05) is 14.8 Å². The average Bonchev–Trinajstić information content (AvgIpc) is 2.88. The molecule has 39 heavy (non-hydrogen) atoms. The number of anilines is 3. The van der Waals surface area contributed by atoms with E-state index < -0.39 is 26.0 Å². The van der Waals surface area contributed by atoms with Crippen molar-refractivity contribution in [1.82, 2.24) is 0 Å². The molecule has 0 spiro atoms. The Morgan fingerprint density at radius 3 is 2.03 bits per heavy atom. The van der Waals surface area contributed by atoms with Gasteiger partial charge in [-0.1, -0.05) is 41.9 Å². The van der Waals surface area contributed by atoms with Crippen molar-refractivity contribution in [1.29, 1.82) is 0 Å². The number of hydrogen-bond acceptors (Lipinski definition) is 5. The van der Waals surface area contributed by atoms with Crippen LogP contribution < -0.4 is 14.8 Å². The van der Waals surface area contributed by atoms with E-state index in [0.29, 0.717) is 17.1 Å². The van der Waals surface area contributed by atoms with Crippen molar-refractivity contribution in [2.24, 2.45) is 0 Å². The molecule has 1 amide bonds. The minimum atomic E-state index is -4.10. The van der Waals surface area contributed by atoms with Crippen LogP contribution in [0.3, 0.4) is 0 Å². The van der Waals surface area contributed by atoms with E-state index in [0.717, 1.165) is 16.7 Å².